The van der Waals surface area contributed by atoms with Gasteiger partial charge in [0.1, 0.15) is 0 Å². The molecular weight excluding hydrogens is 360 g/mol. The Bertz CT molecular complexity index is 470. The van der Waals surface area contributed by atoms with Gasteiger partial charge in [-0.05, 0) is 0 Å². The summed E-state index contributed by atoms with van der Waals surface area (Å²) in [5, 5.41) is 10.6. The van der Waals surface area contributed by atoms with Crippen LogP contribution in [0.5, 0.6) is 0 Å². The van der Waals surface area contributed by atoms with Crippen LogP contribution in [0.2, 0.25) is 9.44 Å². The molecule has 2 saturated carbocycles. The summed E-state index contributed by atoms with van der Waals surface area (Å²) in [6.07, 6.45) is 3.65. The molecule has 20 heavy (non-hydrogen) atoms. The van der Waals surface area contributed by atoms with E-state index < -0.39 is 19.6 Å². The molecule has 0 radical (unpaired) electrons. The summed E-state index contributed by atoms with van der Waals surface area (Å²) in [4.78, 5) is 2.53. The predicted molar refractivity (Wildman–Crippen MR) is 86.1 cm³/mol. The number of hydrogen-bond donors (Lipinski definition) is 1. The minimum absolute atomic E-state index is 0.0321. The summed E-state index contributed by atoms with van der Waals surface area (Å²) in [6, 6.07) is 10.9. The molecule has 0 heterocycles. The van der Waals surface area contributed by atoms with Crippen LogP contribution in [0.3, 0.4) is 0 Å². The van der Waals surface area contributed by atoms with Gasteiger partial charge in [0, 0.05) is 0 Å². The number of hydrogen-bond acceptors (Lipinski definition) is 1. The summed E-state index contributed by atoms with van der Waals surface area (Å²) in [5.74, 6) is 0.765. The van der Waals surface area contributed by atoms with Crippen LogP contribution in [0.25, 0.3) is 0 Å². The fourth-order valence-electron chi connectivity index (χ4n) is 4.73. The van der Waals surface area contributed by atoms with Crippen molar-refractivity contribution in [2.45, 2.75) is 53.1 Å². The van der Waals surface area contributed by atoms with E-state index in [2.05, 4.69) is 49.2 Å². The Morgan fingerprint density at radius 2 is 1.95 bits per heavy atom. The molecule has 2 aliphatic rings. The van der Waals surface area contributed by atoms with E-state index in [0.29, 0.717) is 5.41 Å². The fourth-order valence-corrected chi connectivity index (χ4v) is 11.7. The third-order valence-corrected chi connectivity index (χ3v) is 11.4. The molecule has 1 N–H and O–H groups in total. The predicted octanol–water partition coefficient (Wildman–Crippen LogP) is 4.08. The molecule has 0 aliphatic heterocycles. The van der Waals surface area contributed by atoms with Crippen molar-refractivity contribution in [3.05, 3.63) is 35.9 Å². The number of fused-ring (bicyclic) bond motifs is 2. The third-order valence-electron chi connectivity index (χ3n) is 6.15. The molecule has 1 aromatic carbocycles. The van der Waals surface area contributed by atoms with Gasteiger partial charge in [-0.15, -0.1) is 0 Å². The van der Waals surface area contributed by atoms with Gasteiger partial charge in [0.15, 0.2) is 0 Å². The Balaban J connectivity index is 1.73. The van der Waals surface area contributed by atoms with E-state index in [-0.39, 0.29) is 11.5 Å². The van der Waals surface area contributed by atoms with Gasteiger partial charge in [-0.1, -0.05) is 0 Å². The minimum atomic E-state index is -1.15. The van der Waals surface area contributed by atoms with Gasteiger partial charge in [-0.25, -0.2) is 0 Å². The Kier molecular flexibility index (Phi) is 3.95. The van der Waals surface area contributed by atoms with Crippen molar-refractivity contribution in [3.8, 4) is 0 Å². The van der Waals surface area contributed by atoms with Crippen molar-refractivity contribution < 1.29 is 5.11 Å². The average Bonchev–Trinajstić information content (AvgIpc) is 2.74. The van der Waals surface area contributed by atoms with Gasteiger partial charge in [0.05, 0.1) is 0 Å². The third kappa shape index (κ3) is 2.25. The summed E-state index contributed by atoms with van der Waals surface area (Å²) in [5.41, 5.74) is 2.11. The van der Waals surface area contributed by atoms with Crippen molar-refractivity contribution in [2.24, 2.45) is 16.7 Å². The number of aliphatic hydroxyl groups excluding tert-OH is 1. The first kappa shape index (κ1) is 14.9. The van der Waals surface area contributed by atoms with Crippen LogP contribution < -0.4 is 0 Å². The molecule has 0 saturated heterocycles. The zero-order valence-electron chi connectivity index (χ0n) is 12.9. The molecule has 0 aromatic heterocycles. The Labute approximate surface area is 130 Å². The summed E-state index contributed by atoms with van der Waals surface area (Å²) >= 11 is -1.15. The first-order chi connectivity index (χ1) is 9.46. The maximum absolute atomic E-state index is 10.6. The van der Waals surface area contributed by atoms with Gasteiger partial charge < -0.3 is 0 Å². The average molecular weight is 387 g/mol. The van der Waals surface area contributed by atoms with Gasteiger partial charge in [0.2, 0.25) is 0 Å². The van der Waals surface area contributed by atoms with E-state index in [1.807, 2.05) is 0 Å². The van der Waals surface area contributed by atoms with Crippen LogP contribution in [0.1, 0.15) is 38.7 Å². The molecule has 0 spiro atoms. The molecule has 2 bridgehead atoms. The number of benzene rings is 1. The van der Waals surface area contributed by atoms with Crippen LogP contribution >= 0.6 is 0 Å². The molecule has 3 rings (SSSR count). The molecule has 110 valence electrons. The van der Waals surface area contributed by atoms with Gasteiger partial charge in [-0.3, -0.25) is 0 Å². The molecular formula is C18H27OTe+. The quantitative estimate of drug-likeness (QED) is 0.773. The summed E-state index contributed by atoms with van der Waals surface area (Å²) in [7, 11) is 0. The second-order valence-corrected chi connectivity index (χ2v) is 13.5. The Hall–Kier alpha value is -0.0304. The van der Waals surface area contributed by atoms with Gasteiger partial charge in [-0.2, -0.15) is 0 Å². The van der Waals surface area contributed by atoms with Crippen molar-refractivity contribution in [1.82, 2.24) is 0 Å². The molecule has 2 heteroatoms. The molecule has 2 fully saturated rings. The Morgan fingerprint density at radius 3 is 2.50 bits per heavy atom. The SMILES string of the molecule is C[Te+](Cc1ccccc1)CC12CCC(CC1O)C2(C)C. The van der Waals surface area contributed by atoms with Crippen molar-refractivity contribution in [1.29, 1.82) is 0 Å². The first-order valence-corrected chi connectivity index (χ1v) is 13.4. The normalized spacial score (nSPS) is 34.9. The summed E-state index contributed by atoms with van der Waals surface area (Å²) < 4.78 is 2.65. The van der Waals surface area contributed by atoms with E-state index in [0.717, 1.165) is 12.3 Å². The van der Waals surface area contributed by atoms with Crippen LogP contribution in [0, 0.1) is 16.7 Å². The molecule has 0 amide bonds. The summed E-state index contributed by atoms with van der Waals surface area (Å²) in [6.45, 7) is 4.85. The van der Waals surface area contributed by atoms with Gasteiger partial charge >= 0.3 is 130 Å². The van der Waals surface area contributed by atoms with Crippen molar-refractivity contribution in [3.63, 3.8) is 0 Å². The maximum atomic E-state index is 10.6. The zero-order chi connectivity index (χ0) is 14.4. The Morgan fingerprint density at radius 1 is 1.25 bits per heavy atom. The van der Waals surface area contributed by atoms with E-state index in [1.165, 1.54) is 27.3 Å². The second kappa shape index (κ2) is 5.31. The van der Waals surface area contributed by atoms with Crippen LogP contribution in [-0.2, 0) is 4.47 Å². The van der Waals surface area contributed by atoms with Crippen molar-refractivity contribution >= 4 is 19.6 Å². The molecule has 3 atom stereocenters. The van der Waals surface area contributed by atoms with E-state index >= 15 is 0 Å². The fraction of sp³-hybridized carbons (Fsp3) is 0.667. The van der Waals surface area contributed by atoms with E-state index in [4.69, 9.17) is 0 Å². The van der Waals surface area contributed by atoms with Crippen LogP contribution in [0.4, 0.5) is 0 Å². The molecule has 1 nitrogen and oxygen atoms in total. The number of aliphatic hydroxyl groups is 1. The van der Waals surface area contributed by atoms with Gasteiger partial charge in [0.25, 0.3) is 0 Å². The second-order valence-electron chi connectivity index (χ2n) is 7.42. The van der Waals surface area contributed by atoms with Crippen molar-refractivity contribution in [2.75, 3.05) is 0 Å². The molecule has 1 aromatic rings. The zero-order valence-corrected chi connectivity index (χ0v) is 15.3. The topological polar surface area (TPSA) is 20.2 Å². The van der Waals surface area contributed by atoms with E-state index in [1.54, 1.807) is 0 Å². The van der Waals surface area contributed by atoms with E-state index in [9.17, 15) is 5.11 Å². The standard InChI is InChI=1S/C18H27OTe/c1-17(2)15-9-10-18(17,16(19)11-15)13-20(3)12-14-7-5-4-6-8-14/h4-8,15-16,19H,9-13H2,1-3H3/q+1. The van der Waals surface area contributed by atoms with Crippen LogP contribution in [0.15, 0.2) is 30.3 Å². The molecule has 3 unspecified atom stereocenters. The molecule has 2 aliphatic carbocycles. The monoisotopic (exact) mass is 389 g/mol. The number of rotatable bonds is 4. The first-order valence-electron chi connectivity index (χ1n) is 7.77. The van der Waals surface area contributed by atoms with Crippen LogP contribution in [-0.4, -0.2) is 30.8 Å².